The molecular weight excluding hydrogens is 387 g/mol. The summed E-state index contributed by atoms with van der Waals surface area (Å²) in [5.41, 5.74) is 4.01. The second-order valence-electron chi connectivity index (χ2n) is 5.62. The Hall–Kier alpha value is -2.21. The minimum absolute atomic E-state index is 0.140. The quantitative estimate of drug-likeness (QED) is 0.544. The first-order valence-corrected chi connectivity index (χ1v) is 8.79. The lowest BCUT2D eigenvalue weighted by Crippen LogP contribution is -2.19. The lowest BCUT2D eigenvalue weighted by molar-refractivity contribution is -0.120. The Morgan fingerprint density at radius 2 is 2.04 bits per heavy atom. The summed E-state index contributed by atoms with van der Waals surface area (Å²) in [4.78, 5) is 11.8. The van der Waals surface area contributed by atoms with E-state index in [1.807, 2.05) is 25.1 Å². The number of halogens is 2. The zero-order valence-electron chi connectivity index (χ0n) is 14.1. The predicted octanol–water partition coefficient (Wildman–Crippen LogP) is 4.46. The molecule has 0 aliphatic heterocycles. The van der Waals surface area contributed by atoms with Gasteiger partial charge in [0.05, 0.1) is 23.2 Å². The highest BCUT2D eigenvalue weighted by Crippen LogP contribution is 2.26. The van der Waals surface area contributed by atoms with Gasteiger partial charge in [-0.05, 0) is 70.7 Å². The fraction of sp³-hybridized carbons (Fsp3) is 0.263. The number of nitrogens with zero attached hydrogens (tertiary/aromatic N) is 1. The van der Waals surface area contributed by atoms with Gasteiger partial charge >= 0.3 is 0 Å². The van der Waals surface area contributed by atoms with Gasteiger partial charge in [-0.2, -0.15) is 5.10 Å². The SMILES string of the molecule is CC[C@H](C)Oc1ccc(/C=N/NC(=O)Cc2ccc(F)cc2)cc1Br. The number of hydrazone groups is 1. The van der Waals surface area contributed by atoms with Crippen LogP contribution < -0.4 is 10.2 Å². The Labute approximate surface area is 155 Å². The normalized spacial score (nSPS) is 12.2. The maximum Gasteiger partial charge on any atom is 0.244 e. The lowest BCUT2D eigenvalue weighted by atomic mass is 10.1. The summed E-state index contributed by atoms with van der Waals surface area (Å²) < 4.78 is 19.4. The van der Waals surface area contributed by atoms with Gasteiger partial charge in [0, 0.05) is 0 Å². The van der Waals surface area contributed by atoms with Crippen molar-refractivity contribution >= 4 is 28.1 Å². The summed E-state index contributed by atoms with van der Waals surface area (Å²) >= 11 is 3.47. The maximum atomic E-state index is 12.8. The average Bonchev–Trinajstić information content (AvgIpc) is 2.59. The highest BCUT2D eigenvalue weighted by Gasteiger charge is 2.06. The lowest BCUT2D eigenvalue weighted by Gasteiger charge is -2.14. The molecular formula is C19H20BrFN2O2. The van der Waals surface area contributed by atoms with Crippen LogP contribution in [-0.2, 0) is 11.2 Å². The molecule has 132 valence electrons. The van der Waals surface area contributed by atoms with E-state index < -0.39 is 0 Å². The number of hydrogen-bond acceptors (Lipinski definition) is 3. The molecule has 0 saturated heterocycles. The van der Waals surface area contributed by atoms with Crippen LogP contribution >= 0.6 is 15.9 Å². The molecule has 0 aromatic heterocycles. The number of ether oxygens (including phenoxy) is 1. The molecule has 1 atom stereocenters. The van der Waals surface area contributed by atoms with Gasteiger partial charge in [-0.3, -0.25) is 4.79 Å². The van der Waals surface area contributed by atoms with Crippen LogP contribution in [-0.4, -0.2) is 18.2 Å². The Morgan fingerprint density at radius 3 is 2.68 bits per heavy atom. The maximum absolute atomic E-state index is 12.8. The van der Waals surface area contributed by atoms with Crippen molar-refractivity contribution in [2.75, 3.05) is 0 Å². The second kappa shape index (κ2) is 9.32. The smallest absolute Gasteiger partial charge is 0.244 e. The third-order valence-corrected chi connectivity index (χ3v) is 4.16. The fourth-order valence-corrected chi connectivity index (χ4v) is 2.49. The van der Waals surface area contributed by atoms with Gasteiger partial charge in [-0.15, -0.1) is 0 Å². The molecule has 0 bridgehead atoms. The van der Waals surface area contributed by atoms with E-state index in [1.165, 1.54) is 12.1 Å². The van der Waals surface area contributed by atoms with E-state index >= 15 is 0 Å². The molecule has 0 aliphatic carbocycles. The zero-order valence-corrected chi connectivity index (χ0v) is 15.7. The summed E-state index contributed by atoms with van der Waals surface area (Å²) in [6, 6.07) is 11.4. The monoisotopic (exact) mass is 406 g/mol. The molecule has 0 aliphatic rings. The first-order valence-electron chi connectivity index (χ1n) is 8.00. The van der Waals surface area contributed by atoms with Crippen LogP contribution in [0.15, 0.2) is 52.0 Å². The van der Waals surface area contributed by atoms with Gasteiger partial charge < -0.3 is 4.74 Å². The van der Waals surface area contributed by atoms with Crippen LogP contribution in [0.1, 0.15) is 31.4 Å². The van der Waals surface area contributed by atoms with Crippen molar-refractivity contribution in [3.05, 3.63) is 63.9 Å². The Morgan fingerprint density at radius 1 is 1.32 bits per heavy atom. The van der Waals surface area contributed by atoms with Crippen molar-refractivity contribution in [1.29, 1.82) is 0 Å². The summed E-state index contributed by atoms with van der Waals surface area (Å²) in [5, 5.41) is 3.94. The predicted molar refractivity (Wildman–Crippen MR) is 100 cm³/mol. The van der Waals surface area contributed by atoms with Gasteiger partial charge in [0.15, 0.2) is 0 Å². The largest absolute Gasteiger partial charge is 0.490 e. The van der Waals surface area contributed by atoms with Crippen LogP contribution in [0, 0.1) is 5.82 Å². The van der Waals surface area contributed by atoms with Crippen molar-refractivity contribution < 1.29 is 13.9 Å². The molecule has 6 heteroatoms. The third kappa shape index (κ3) is 6.31. The van der Waals surface area contributed by atoms with Gasteiger partial charge in [-0.1, -0.05) is 19.1 Å². The van der Waals surface area contributed by atoms with Crippen LogP contribution in [0.3, 0.4) is 0 Å². The molecule has 2 aromatic rings. The van der Waals surface area contributed by atoms with E-state index in [4.69, 9.17) is 4.74 Å². The number of rotatable bonds is 7. The van der Waals surface area contributed by atoms with E-state index in [2.05, 4.69) is 33.4 Å². The first-order chi connectivity index (χ1) is 12.0. The summed E-state index contributed by atoms with van der Waals surface area (Å²) in [6.07, 6.45) is 2.76. The second-order valence-corrected chi connectivity index (χ2v) is 6.48. The van der Waals surface area contributed by atoms with Crippen molar-refractivity contribution in [2.24, 2.45) is 5.10 Å². The Kier molecular flexibility index (Phi) is 7.13. The number of nitrogens with one attached hydrogen (secondary N) is 1. The van der Waals surface area contributed by atoms with E-state index in [9.17, 15) is 9.18 Å². The molecule has 4 nitrogen and oxygen atoms in total. The van der Waals surface area contributed by atoms with E-state index in [-0.39, 0.29) is 24.2 Å². The molecule has 0 heterocycles. The number of amides is 1. The number of hydrogen-bond donors (Lipinski definition) is 1. The molecule has 0 radical (unpaired) electrons. The summed E-state index contributed by atoms with van der Waals surface area (Å²) in [7, 11) is 0. The van der Waals surface area contributed by atoms with Crippen molar-refractivity contribution in [3.8, 4) is 5.75 Å². The molecule has 0 saturated carbocycles. The molecule has 0 unspecified atom stereocenters. The van der Waals surface area contributed by atoms with Crippen molar-refractivity contribution in [3.63, 3.8) is 0 Å². The van der Waals surface area contributed by atoms with Gasteiger partial charge in [0.2, 0.25) is 5.91 Å². The summed E-state index contributed by atoms with van der Waals surface area (Å²) in [6.45, 7) is 4.08. The van der Waals surface area contributed by atoms with Crippen LogP contribution in [0.5, 0.6) is 5.75 Å². The topological polar surface area (TPSA) is 50.7 Å². The molecule has 25 heavy (non-hydrogen) atoms. The number of benzene rings is 2. The highest BCUT2D eigenvalue weighted by atomic mass is 79.9. The number of carbonyl (C=O) groups is 1. The Bertz CT molecular complexity index is 748. The minimum Gasteiger partial charge on any atom is -0.490 e. The average molecular weight is 407 g/mol. The van der Waals surface area contributed by atoms with Crippen molar-refractivity contribution in [2.45, 2.75) is 32.8 Å². The zero-order chi connectivity index (χ0) is 18.2. The molecule has 0 spiro atoms. The first kappa shape index (κ1) is 19.1. The molecule has 2 aromatic carbocycles. The van der Waals surface area contributed by atoms with Crippen LogP contribution in [0.2, 0.25) is 0 Å². The van der Waals surface area contributed by atoms with E-state index in [0.29, 0.717) is 0 Å². The van der Waals surface area contributed by atoms with E-state index in [1.54, 1.807) is 18.3 Å². The minimum atomic E-state index is -0.325. The summed E-state index contributed by atoms with van der Waals surface area (Å²) in [5.74, 6) is 0.180. The number of carbonyl (C=O) groups excluding carboxylic acids is 1. The Balaban J connectivity index is 1.89. The van der Waals surface area contributed by atoms with E-state index in [0.717, 1.165) is 27.8 Å². The van der Waals surface area contributed by atoms with Crippen LogP contribution in [0.4, 0.5) is 4.39 Å². The van der Waals surface area contributed by atoms with Gasteiger partial charge in [0.25, 0.3) is 0 Å². The van der Waals surface area contributed by atoms with Crippen molar-refractivity contribution in [1.82, 2.24) is 5.43 Å². The standard InChI is InChI=1S/C19H20BrFN2O2/c1-3-13(2)25-18-9-6-15(10-17(18)20)12-22-23-19(24)11-14-4-7-16(21)8-5-14/h4-10,12-13H,3,11H2,1-2H3,(H,23,24)/b22-12+/t13-/m0/s1. The van der Waals surface area contributed by atoms with Crippen LogP contribution in [0.25, 0.3) is 0 Å². The fourth-order valence-electron chi connectivity index (χ4n) is 2.00. The molecule has 1 N–H and O–H groups in total. The highest BCUT2D eigenvalue weighted by molar-refractivity contribution is 9.10. The molecule has 1 amide bonds. The third-order valence-electron chi connectivity index (χ3n) is 3.54. The van der Waals surface area contributed by atoms with Gasteiger partial charge in [0.1, 0.15) is 11.6 Å². The molecule has 2 rings (SSSR count). The molecule has 0 fully saturated rings. The van der Waals surface area contributed by atoms with Gasteiger partial charge in [-0.25, -0.2) is 9.82 Å².